The summed E-state index contributed by atoms with van der Waals surface area (Å²) in [7, 11) is 0. The first-order chi connectivity index (χ1) is 12.3. The van der Waals surface area contributed by atoms with Gasteiger partial charge in [0.25, 0.3) is 0 Å². The lowest BCUT2D eigenvalue weighted by molar-refractivity contribution is 0.0108. The van der Waals surface area contributed by atoms with Crippen molar-refractivity contribution in [3.63, 3.8) is 0 Å². The second-order valence-corrected chi connectivity index (χ2v) is 8.38. The van der Waals surface area contributed by atoms with Gasteiger partial charge >= 0.3 is 0 Å². The molecule has 3 aliphatic rings. The highest BCUT2D eigenvalue weighted by Crippen LogP contribution is 2.30. The second-order valence-electron chi connectivity index (χ2n) is 8.38. The molecule has 3 N–H and O–H groups in total. The Balaban J connectivity index is 1.65. The molecule has 0 radical (unpaired) electrons. The number of piperidine rings is 3. The van der Waals surface area contributed by atoms with Crippen LogP contribution in [0.5, 0.6) is 0 Å². The Morgan fingerprint density at radius 1 is 0.840 bits per heavy atom. The monoisotopic (exact) mass is 353 g/mol. The molecule has 0 aromatic heterocycles. The molecule has 3 heterocycles. The maximum absolute atomic E-state index is 9.48. The summed E-state index contributed by atoms with van der Waals surface area (Å²) in [6, 6.07) is 1.77. The molecule has 0 bridgehead atoms. The molecule has 5 heteroatoms. The van der Waals surface area contributed by atoms with Gasteiger partial charge < -0.3 is 15.5 Å². The topological polar surface area (TPSA) is 59.0 Å². The van der Waals surface area contributed by atoms with Crippen LogP contribution < -0.4 is 5.32 Å². The molecule has 146 valence electrons. The molecule has 0 aliphatic carbocycles. The van der Waals surface area contributed by atoms with Crippen molar-refractivity contribution in [3.8, 4) is 0 Å². The van der Waals surface area contributed by atoms with Crippen LogP contribution in [0.15, 0.2) is 0 Å². The number of nitrogens with one attached hydrogen (secondary N) is 1. The van der Waals surface area contributed by atoms with E-state index in [9.17, 15) is 10.2 Å². The highest BCUT2D eigenvalue weighted by molar-refractivity contribution is 4.93. The molecule has 0 aromatic carbocycles. The number of hydrogen-bond donors (Lipinski definition) is 3. The minimum atomic E-state index is 0.316. The molecule has 3 saturated heterocycles. The lowest BCUT2D eigenvalue weighted by atomic mass is 9.86. The van der Waals surface area contributed by atoms with Gasteiger partial charge in [-0.15, -0.1) is 0 Å². The van der Waals surface area contributed by atoms with Crippen molar-refractivity contribution in [1.82, 2.24) is 15.1 Å². The van der Waals surface area contributed by atoms with Crippen LogP contribution in [0, 0.1) is 5.92 Å². The van der Waals surface area contributed by atoms with E-state index in [0.29, 0.717) is 31.3 Å². The number of hydrogen-bond acceptors (Lipinski definition) is 5. The van der Waals surface area contributed by atoms with E-state index in [1.807, 2.05) is 0 Å². The van der Waals surface area contributed by atoms with Gasteiger partial charge in [0.15, 0.2) is 0 Å². The molecule has 3 aliphatic heterocycles. The number of likely N-dealkylation sites (tertiary alicyclic amines) is 2. The summed E-state index contributed by atoms with van der Waals surface area (Å²) in [5.41, 5.74) is 0. The van der Waals surface area contributed by atoms with Gasteiger partial charge in [0.1, 0.15) is 0 Å². The van der Waals surface area contributed by atoms with Crippen LogP contribution in [-0.2, 0) is 0 Å². The van der Waals surface area contributed by atoms with E-state index < -0.39 is 0 Å². The molecular weight excluding hydrogens is 314 g/mol. The Kier molecular flexibility index (Phi) is 7.99. The highest BCUT2D eigenvalue weighted by Gasteiger charge is 2.36. The van der Waals surface area contributed by atoms with Gasteiger partial charge in [-0.25, -0.2) is 0 Å². The van der Waals surface area contributed by atoms with Crippen LogP contribution >= 0.6 is 0 Å². The van der Waals surface area contributed by atoms with Crippen molar-refractivity contribution in [2.24, 2.45) is 5.92 Å². The summed E-state index contributed by atoms with van der Waals surface area (Å²) in [6.07, 6.45) is 10.9. The molecule has 5 nitrogen and oxygen atoms in total. The fourth-order valence-corrected chi connectivity index (χ4v) is 5.49. The molecular formula is C20H39N3O2. The van der Waals surface area contributed by atoms with Gasteiger partial charge in [-0.05, 0) is 70.5 Å². The van der Waals surface area contributed by atoms with Gasteiger partial charge in [-0.3, -0.25) is 9.80 Å². The Bertz CT molecular complexity index is 378. The summed E-state index contributed by atoms with van der Waals surface area (Å²) >= 11 is 0. The predicted octanol–water partition coefficient (Wildman–Crippen LogP) is 1.44. The summed E-state index contributed by atoms with van der Waals surface area (Å²) in [5, 5.41) is 22.5. The van der Waals surface area contributed by atoms with Crippen LogP contribution in [0.2, 0.25) is 0 Å². The van der Waals surface area contributed by atoms with Gasteiger partial charge in [0.05, 0.1) is 0 Å². The average molecular weight is 354 g/mol. The molecule has 3 fully saturated rings. The zero-order valence-corrected chi connectivity index (χ0v) is 15.9. The lowest BCUT2D eigenvalue weighted by Crippen LogP contribution is -2.59. The first-order valence-electron chi connectivity index (χ1n) is 10.8. The molecule has 25 heavy (non-hydrogen) atoms. The molecule has 3 rings (SSSR count). The second kappa shape index (κ2) is 10.2. The SMILES string of the molecule is OCCC1CCCCN1CC1CCNCC1N1CCCCC1CCO. The van der Waals surface area contributed by atoms with E-state index in [1.54, 1.807) is 0 Å². The first kappa shape index (κ1) is 19.6. The van der Waals surface area contributed by atoms with Gasteiger partial charge in [-0.1, -0.05) is 12.8 Å². The smallest absolute Gasteiger partial charge is 0.0445 e. The molecule has 0 saturated carbocycles. The van der Waals surface area contributed by atoms with Crippen molar-refractivity contribution in [2.45, 2.75) is 75.9 Å². The van der Waals surface area contributed by atoms with E-state index in [4.69, 9.17) is 0 Å². The van der Waals surface area contributed by atoms with E-state index in [1.165, 1.54) is 64.6 Å². The van der Waals surface area contributed by atoms with Gasteiger partial charge in [0, 0.05) is 44.4 Å². The Hall–Kier alpha value is -0.200. The number of rotatable bonds is 7. The fourth-order valence-electron chi connectivity index (χ4n) is 5.49. The third-order valence-electron chi connectivity index (χ3n) is 6.83. The third-order valence-corrected chi connectivity index (χ3v) is 6.83. The molecule has 0 aromatic rings. The predicted molar refractivity (Wildman–Crippen MR) is 102 cm³/mol. The van der Waals surface area contributed by atoms with Crippen molar-refractivity contribution < 1.29 is 10.2 Å². The zero-order valence-electron chi connectivity index (χ0n) is 15.9. The largest absolute Gasteiger partial charge is 0.396 e. The highest BCUT2D eigenvalue weighted by atomic mass is 16.3. The Morgan fingerprint density at radius 3 is 2.36 bits per heavy atom. The molecule has 0 amide bonds. The van der Waals surface area contributed by atoms with Crippen LogP contribution in [0.1, 0.15) is 57.8 Å². The minimum absolute atomic E-state index is 0.316. The fraction of sp³-hybridized carbons (Fsp3) is 1.00. The van der Waals surface area contributed by atoms with Crippen LogP contribution in [0.4, 0.5) is 0 Å². The van der Waals surface area contributed by atoms with Crippen LogP contribution in [-0.4, -0.2) is 84.1 Å². The number of aliphatic hydroxyl groups excluding tert-OH is 2. The van der Waals surface area contributed by atoms with Gasteiger partial charge in [0.2, 0.25) is 0 Å². The van der Waals surface area contributed by atoms with E-state index in [2.05, 4.69) is 15.1 Å². The Labute approximate surface area is 153 Å². The maximum Gasteiger partial charge on any atom is 0.0445 e. The summed E-state index contributed by atoms with van der Waals surface area (Å²) in [5.74, 6) is 0.722. The summed E-state index contributed by atoms with van der Waals surface area (Å²) in [6.45, 7) is 6.48. The van der Waals surface area contributed by atoms with E-state index in [0.717, 1.165) is 31.8 Å². The Morgan fingerprint density at radius 2 is 1.56 bits per heavy atom. The summed E-state index contributed by atoms with van der Waals surface area (Å²) < 4.78 is 0. The van der Waals surface area contributed by atoms with E-state index >= 15 is 0 Å². The standard InChI is InChI=1S/C20H39N3O2/c24-13-8-18-5-1-3-11-22(18)16-17-7-10-21-15-20(17)23-12-4-2-6-19(23)9-14-25/h17-21,24-25H,1-16H2. The minimum Gasteiger partial charge on any atom is -0.396 e. The molecule has 4 atom stereocenters. The number of aliphatic hydroxyl groups is 2. The van der Waals surface area contributed by atoms with Crippen LogP contribution in [0.25, 0.3) is 0 Å². The zero-order chi connectivity index (χ0) is 17.5. The third kappa shape index (κ3) is 5.16. The van der Waals surface area contributed by atoms with Crippen molar-refractivity contribution in [2.75, 3.05) is 45.9 Å². The number of nitrogens with zero attached hydrogens (tertiary/aromatic N) is 2. The quantitative estimate of drug-likeness (QED) is 0.647. The van der Waals surface area contributed by atoms with Crippen molar-refractivity contribution in [1.29, 1.82) is 0 Å². The molecule has 0 spiro atoms. The normalized spacial score (nSPS) is 35.8. The van der Waals surface area contributed by atoms with Crippen molar-refractivity contribution >= 4 is 0 Å². The van der Waals surface area contributed by atoms with Crippen molar-refractivity contribution in [3.05, 3.63) is 0 Å². The first-order valence-corrected chi connectivity index (χ1v) is 10.8. The molecule has 4 unspecified atom stereocenters. The summed E-state index contributed by atoms with van der Waals surface area (Å²) in [4.78, 5) is 5.43. The average Bonchev–Trinajstić information content (AvgIpc) is 2.65. The maximum atomic E-state index is 9.48. The lowest BCUT2D eigenvalue weighted by Gasteiger charge is -2.48. The van der Waals surface area contributed by atoms with Gasteiger partial charge in [-0.2, -0.15) is 0 Å². The van der Waals surface area contributed by atoms with E-state index in [-0.39, 0.29) is 0 Å². The van der Waals surface area contributed by atoms with Crippen LogP contribution in [0.3, 0.4) is 0 Å².